The van der Waals surface area contributed by atoms with Crippen molar-refractivity contribution in [1.82, 2.24) is 0 Å². The van der Waals surface area contributed by atoms with Gasteiger partial charge in [0.1, 0.15) is 0 Å². The Labute approximate surface area is 78.0 Å². The molecule has 60 valence electrons. The third-order valence-electron chi connectivity index (χ3n) is 1.83. The summed E-state index contributed by atoms with van der Waals surface area (Å²) in [7, 11) is 0. The van der Waals surface area contributed by atoms with E-state index in [2.05, 4.69) is 26.5 Å². The molecule has 0 saturated carbocycles. The minimum Gasteiger partial charge on any atom is -0.143 e. The van der Waals surface area contributed by atoms with E-state index in [0.717, 1.165) is 16.3 Å². The van der Waals surface area contributed by atoms with E-state index in [-0.39, 0.29) is 0 Å². The molecule has 0 aromatic heterocycles. The first-order valence-corrected chi connectivity index (χ1v) is 4.45. The maximum absolute atomic E-state index is 5.85. The highest BCUT2D eigenvalue weighted by molar-refractivity contribution is 7.80. The van der Waals surface area contributed by atoms with Crippen LogP contribution in [0.5, 0.6) is 0 Å². The van der Waals surface area contributed by atoms with E-state index in [0.29, 0.717) is 0 Å². The molecule has 0 spiro atoms. The Balaban J connectivity index is 3.24. The molecule has 1 aromatic rings. The van der Waals surface area contributed by atoms with Crippen molar-refractivity contribution in [2.45, 2.75) is 25.2 Å². The molecule has 0 radical (unpaired) electrons. The van der Waals surface area contributed by atoms with Crippen LogP contribution in [0.15, 0.2) is 17.0 Å². The van der Waals surface area contributed by atoms with Crippen LogP contribution in [-0.2, 0) is 6.42 Å². The number of halogens is 1. The van der Waals surface area contributed by atoms with Crippen molar-refractivity contribution in [2.24, 2.45) is 0 Å². The fourth-order valence-corrected chi connectivity index (χ4v) is 1.69. The van der Waals surface area contributed by atoms with Crippen LogP contribution in [0.3, 0.4) is 0 Å². The average Bonchev–Trinajstić information content (AvgIpc) is 1.96. The summed E-state index contributed by atoms with van der Waals surface area (Å²) < 4.78 is 0. The van der Waals surface area contributed by atoms with E-state index >= 15 is 0 Å². The third-order valence-corrected chi connectivity index (χ3v) is 2.52. The van der Waals surface area contributed by atoms with E-state index < -0.39 is 0 Å². The zero-order chi connectivity index (χ0) is 8.43. The van der Waals surface area contributed by atoms with Gasteiger partial charge in [0.25, 0.3) is 0 Å². The molecule has 1 aromatic carbocycles. The molecule has 0 atom stereocenters. The van der Waals surface area contributed by atoms with Crippen LogP contribution in [0.4, 0.5) is 0 Å². The predicted molar refractivity (Wildman–Crippen MR) is 52.8 cm³/mol. The van der Waals surface area contributed by atoms with Crippen LogP contribution < -0.4 is 0 Å². The molecular formula is C9H11ClS. The van der Waals surface area contributed by atoms with Crippen LogP contribution in [-0.4, -0.2) is 0 Å². The highest BCUT2D eigenvalue weighted by Gasteiger charge is 2.00. The van der Waals surface area contributed by atoms with Crippen molar-refractivity contribution >= 4 is 24.2 Å². The lowest BCUT2D eigenvalue weighted by atomic mass is 10.1. The minimum absolute atomic E-state index is 0.775. The molecule has 0 fully saturated rings. The van der Waals surface area contributed by atoms with Crippen LogP contribution in [0, 0.1) is 6.92 Å². The summed E-state index contributed by atoms with van der Waals surface area (Å²) in [6.07, 6.45) is 1.01. The third kappa shape index (κ3) is 1.91. The second-order valence-electron chi connectivity index (χ2n) is 2.56. The van der Waals surface area contributed by atoms with Crippen LogP contribution in [0.2, 0.25) is 5.02 Å². The lowest BCUT2D eigenvalue weighted by molar-refractivity contribution is 1.08. The van der Waals surface area contributed by atoms with Crippen molar-refractivity contribution in [3.05, 3.63) is 28.3 Å². The van der Waals surface area contributed by atoms with Gasteiger partial charge >= 0.3 is 0 Å². The SMILES string of the molecule is CCc1cc(Cl)cc(S)c1C. The molecular weight excluding hydrogens is 176 g/mol. The first kappa shape index (κ1) is 8.95. The smallest absolute Gasteiger partial charge is 0.0419 e. The number of aryl methyl sites for hydroxylation is 1. The Morgan fingerprint density at radius 3 is 2.64 bits per heavy atom. The number of thiol groups is 1. The number of benzene rings is 1. The van der Waals surface area contributed by atoms with Gasteiger partial charge in [-0.05, 0) is 36.6 Å². The largest absolute Gasteiger partial charge is 0.143 e. The fourth-order valence-electron chi connectivity index (χ4n) is 1.09. The highest BCUT2D eigenvalue weighted by atomic mass is 35.5. The highest BCUT2D eigenvalue weighted by Crippen LogP contribution is 2.23. The van der Waals surface area contributed by atoms with Gasteiger partial charge in [-0.1, -0.05) is 18.5 Å². The molecule has 0 nitrogen and oxygen atoms in total. The summed E-state index contributed by atoms with van der Waals surface area (Å²) in [4.78, 5) is 0.981. The first-order valence-electron chi connectivity index (χ1n) is 3.63. The Morgan fingerprint density at radius 2 is 2.09 bits per heavy atom. The maximum atomic E-state index is 5.85. The van der Waals surface area contributed by atoms with Crippen LogP contribution >= 0.6 is 24.2 Å². The number of hydrogen-bond donors (Lipinski definition) is 1. The van der Waals surface area contributed by atoms with Gasteiger partial charge in [0.05, 0.1) is 0 Å². The van der Waals surface area contributed by atoms with Gasteiger partial charge in [-0.2, -0.15) is 0 Å². The number of hydrogen-bond acceptors (Lipinski definition) is 1. The minimum atomic E-state index is 0.775. The van der Waals surface area contributed by atoms with Gasteiger partial charge in [-0.15, -0.1) is 12.6 Å². The summed E-state index contributed by atoms with van der Waals surface area (Å²) in [5, 5.41) is 0.775. The summed E-state index contributed by atoms with van der Waals surface area (Å²) in [5.41, 5.74) is 2.52. The van der Waals surface area contributed by atoms with Crippen molar-refractivity contribution in [3.63, 3.8) is 0 Å². The van der Waals surface area contributed by atoms with Crippen molar-refractivity contribution in [1.29, 1.82) is 0 Å². The van der Waals surface area contributed by atoms with E-state index in [1.54, 1.807) is 0 Å². The second kappa shape index (κ2) is 3.51. The van der Waals surface area contributed by atoms with E-state index in [1.807, 2.05) is 12.1 Å². The second-order valence-corrected chi connectivity index (χ2v) is 3.48. The average molecular weight is 187 g/mol. The van der Waals surface area contributed by atoms with Gasteiger partial charge < -0.3 is 0 Å². The van der Waals surface area contributed by atoms with E-state index in [1.165, 1.54) is 11.1 Å². The standard InChI is InChI=1S/C9H11ClS/c1-3-7-4-8(10)5-9(11)6(7)2/h4-5,11H,3H2,1-2H3. The lowest BCUT2D eigenvalue weighted by Gasteiger charge is -2.05. The monoisotopic (exact) mass is 186 g/mol. The molecule has 0 aliphatic rings. The zero-order valence-electron chi connectivity index (χ0n) is 6.69. The molecule has 0 amide bonds. The summed E-state index contributed by atoms with van der Waals surface area (Å²) >= 11 is 10.2. The molecule has 0 N–H and O–H groups in total. The molecule has 0 unspecified atom stereocenters. The normalized spacial score (nSPS) is 10.2. The van der Waals surface area contributed by atoms with Crippen molar-refractivity contribution in [2.75, 3.05) is 0 Å². The van der Waals surface area contributed by atoms with Crippen molar-refractivity contribution < 1.29 is 0 Å². The van der Waals surface area contributed by atoms with Gasteiger partial charge in [0.2, 0.25) is 0 Å². The van der Waals surface area contributed by atoms with E-state index in [4.69, 9.17) is 11.6 Å². The Morgan fingerprint density at radius 1 is 1.45 bits per heavy atom. The van der Waals surface area contributed by atoms with Crippen molar-refractivity contribution in [3.8, 4) is 0 Å². The summed E-state index contributed by atoms with van der Waals surface area (Å²) in [6.45, 7) is 4.18. The van der Waals surface area contributed by atoms with Crippen LogP contribution in [0.1, 0.15) is 18.1 Å². The van der Waals surface area contributed by atoms with E-state index in [9.17, 15) is 0 Å². The molecule has 0 heterocycles. The Hall–Kier alpha value is -0.140. The first-order chi connectivity index (χ1) is 5.15. The summed E-state index contributed by atoms with van der Waals surface area (Å²) in [5.74, 6) is 0. The van der Waals surface area contributed by atoms with Crippen LogP contribution in [0.25, 0.3) is 0 Å². The topological polar surface area (TPSA) is 0 Å². The molecule has 0 saturated heterocycles. The van der Waals surface area contributed by atoms with Gasteiger partial charge in [-0.25, -0.2) is 0 Å². The molecule has 1 rings (SSSR count). The van der Waals surface area contributed by atoms with Gasteiger partial charge in [-0.3, -0.25) is 0 Å². The molecule has 0 bridgehead atoms. The predicted octanol–water partition coefficient (Wildman–Crippen LogP) is 3.50. The maximum Gasteiger partial charge on any atom is 0.0419 e. The Kier molecular flexibility index (Phi) is 2.85. The summed E-state index contributed by atoms with van der Waals surface area (Å²) in [6, 6.07) is 3.87. The molecule has 0 aliphatic heterocycles. The Bertz CT molecular complexity index is 269. The van der Waals surface area contributed by atoms with Gasteiger partial charge in [0.15, 0.2) is 0 Å². The molecule has 11 heavy (non-hydrogen) atoms. The molecule has 2 heteroatoms. The zero-order valence-corrected chi connectivity index (χ0v) is 8.34. The number of rotatable bonds is 1. The lowest BCUT2D eigenvalue weighted by Crippen LogP contribution is -1.87. The quantitative estimate of drug-likeness (QED) is 0.638. The van der Waals surface area contributed by atoms with Gasteiger partial charge in [0, 0.05) is 9.92 Å². The fraction of sp³-hybridized carbons (Fsp3) is 0.333. The molecule has 0 aliphatic carbocycles.